The van der Waals surface area contributed by atoms with Crippen LogP contribution < -0.4 is 5.32 Å². The van der Waals surface area contributed by atoms with Crippen LogP contribution in [-0.4, -0.2) is 87.5 Å². The van der Waals surface area contributed by atoms with Gasteiger partial charge in [0.15, 0.2) is 6.29 Å². The molecular formula is C76H145NO8. The summed E-state index contributed by atoms with van der Waals surface area (Å²) in [6.07, 6.45) is 80.9. The minimum absolute atomic E-state index is 0.133. The molecule has 0 aliphatic carbocycles. The van der Waals surface area contributed by atoms with Gasteiger partial charge in [0.2, 0.25) is 5.91 Å². The Morgan fingerprint density at radius 1 is 0.400 bits per heavy atom. The number of amides is 1. The maximum Gasteiger partial charge on any atom is 0.220 e. The zero-order valence-corrected chi connectivity index (χ0v) is 56.4. The summed E-state index contributed by atoms with van der Waals surface area (Å²) >= 11 is 0. The van der Waals surface area contributed by atoms with Gasteiger partial charge in [-0.1, -0.05) is 365 Å². The van der Waals surface area contributed by atoms with E-state index in [0.29, 0.717) is 12.8 Å². The first-order valence-corrected chi connectivity index (χ1v) is 37.7. The van der Waals surface area contributed by atoms with Crippen molar-refractivity contribution in [1.82, 2.24) is 5.32 Å². The summed E-state index contributed by atoms with van der Waals surface area (Å²) in [5.41, 5.74) is 0. The van der Waals surface area contributed by atoms with Crippen LogP contribution in [0.25, 0.3) is 0 Å². The molecule has 0 aromatic rings. The third kappa shape index (κ3) is 53.9. The van der Waals surface area contributed by atoms with E-state index in [1.807, 2.05) is 0 Å². The van der Waals surface area contributed by atoms with Crippen LogP contribution in [0.15, 0.2) is 36.5 Å². The van der Waals surface area contributed by atoms with E-state index < -0.39 is 49.5 Å². The number of hydrogen-bond acceptors (Lipinski definition) is 8. The lowest BCUT2D eigenvalue weighted by atomic mass is 9.99. The molecule has 0 radical (unpaired) electrons. The van der Waals surface area contributed by atoms with Crippen molar-refractivity contribution in [2.45, 2.75) is 429 Å². The van der Waals surface area contributed by atoms with Crippen molar-refractivity contribution in [2.75, 3.05) is 13.2 Å². The monoisotopic (exact) mass is 1200 g/mol. The van der Waals surface area contributed by atoms with Crippen molar-refractivity contribution in [3.05, 3.63) is 36.5 Å². The standard InChI is InChI=1S/C76H145NO8/c1-3-5-7-9-11-13-15-17-19-21-23-25-27-28-29-30-31-32-33-34-35-36-37-38-39-40-41-42-44-46-48-50-52-54-56-58-60-62-64-66-72(80)77-69(68-84-76-75(83)74(82)73(81)71(67-78)85-76)70(79)65-63-61-59-57-55-53-51-49-47-45-43-26-24-22-20-18-16-14-12-10-8-6-4-2/h15,17,21,23,27-28,69-71,73-76,78-79,81-83H,3-14,16,18-20,22,24-26,29-68H2,1-2H3,(H,77,80)/b17-15-,23-21-,28-27-. The van der Waals surface area contributed by atoms with E-state index in [4.69, 9.17) is 9.47 Å². The zero-order chi connectivity index (χ0) is 61.4. The van der Waals surface area contributed by atoms with E-state index in [2.05, 4.69) is 55.6 Å². The van der Waals surface area contributed by atoms with Crippen LogP contribution >= 0.6 is 0 Å². The van der Waals surface area contributed by atoms with Gasteiger partial charge in [0.1, 0.15) is 24.4 Å². The maximum atomic E-state index is 13.2. The quantitative estimate of drug-likeness (QED) is 0.0261. The van der Waals surface area contributed by atoms with Crippen molar-refractivity contribution in [3.8, 4) is 0 Å². The van der Waals surface area contributed by atoms with Crippen molar-refractivity contribution >= 4 is 5.91 Å². The van der Waals surface area contributed by atoms with Crippen LogP contribution in [0.2, 0.25) is 0 Å². The number of aliphatic hydroxyl groups is 5. The van der Waals surface area contributed by atoms with Gasteiger partial charge < -0.3 is 40.3 Å². The van der Waals surface area contributed by atoms with Crippen LogP contribution in [0.3, 0.4) is 0 Å². The molecule has 1 heterocycles. The lowest BCUT2D eigenvalue weighted by Gasteiger charge is -2.40. The number of allylic oxidation sites excluding steroid dienone is 6. The summed E-state index contributed by atoms with van der Waals surface area (Å²) in [6, 6.07) is -0.718. The molecule has 1 fully saturated rings. The van der Waals surface area contributed by atoms with E-state index in [9.17, 15) is 30.3 Å². The highest BCUT2D eigenvalue weighted by Crippen LogP contribution is 2.24. The Morgan fingerprint density at radius 2 is 0.694 bits per heavy atom. The first kappa shape index (κ1) is 81.4. The minimum Gasteiger partial charge on any atom is -0.394 e. The summed E-state index contributed by atoms with van der Waals surface area (Å²) in [7, 11) is 0. The van der Waals surface area contributed by atoms with Gasteiger partial charge in [0.05, 0.1) is 25.4 Å². The summed E-state index contributed by atoms with van der Waals surface area (Å²) in [4.78, 5) is 13.2. The lowest BCUT2D eigenvalue weighted by Crippen LogP contribution is -2.60. The SMILES string of the molecule is CCCCCCC/C=C\C/C=C\C/C=C\CCCCCCCCCCCCCCCCCCCCCCCCCCC(=O)NC(COC1OC(CO)C(O)C(O)C1O)C(O)CCCCCCCCCCCCCCCCCCCCCCCCC. The topological polar surface area (TPSA) is 149 Å². The summed E-state index contributed by atoms with van der Waals surface area (Å²) in [6.45, 7) is 3.88. The van der Waals surface area contributed by atoms with Gasteiger partial charge in [0, 0.05) is 6.42 Å². The molecule has 0 spiro atoms. The van der Waals surface area contributed by atoms with Crippen LogP contribution in [0.5, 0.6) is 0 Å². The van der Waals surface area contributed by atoms with Crippen LogP contribution in [0.1, 0.15) is 386 Å². The number of hydrogen-bond donors (Lipinski definition) is 6. The molecule has 0 saturated carbocycles. The second-order valence-electron chi connectivity index (χ2n) is 26.5. The molecule has 1 saturated heterocycles. The molecular weight excluding hydrogens is 1050 g/mol. The number of nitrogens with one attached hydrogen (secondary N) is 1. The Bertz CT molecular complexity index is 1440. The van der Waals surface area contributed by atoms with Crippen molar-refractivity contribution < 1.29 is 39.8 Å². The largest absolute Gasteiger partial charge is 0.394 e. The molecule has 6 N–H and O–H groups in total. The van der Waals surface area contributed by atoms with Gasteiger partial charge >= 0.3 is 0 Å². The second-order valence-corrected chi connectivity index (χ2v) is 26.5. The van der Waals surface area contributed by atoms with Crippen LogP contribution in [-0.2, 0) is 14.3 Å². The molecule has 7 atom stereocenters. The highest BCUT2D eigenvalue weighted by atomic mass is 16.7. The van der Waals surface area contributed by atoms with Gasteiger partial charge in [-0.2, -0.15) is 0 Å². The fraction of sp³-hybridized carbons (Fsp3) is 0.908. The van der Waals surface area contributed by atoms with Crippen molar-refractivity contribution in [2.24, 2.45) is 0 Å². The third-order valence-corrected chi connectivity index (χ3v) is 18.2. The van der Waals surface area contributed by atoms with Crippen molar-refractivity contribution in [1.29, 1.82) is 0 Å². The van der Waals surface area contributed by atoms with Crippen LogP contribution in [0, 0.1) is 0 Å². The smallest absolute Gasteiger partial charge is 0.220 e. The highest BCUT2D eigenvalue weighted by Gasteiger charge is 2.44. The number of unbranched alkanes of at least 4 members (excludes halogenated alkanes) is 51. The van der Waals surface area contributed by atoms with E-state index in [1.54, 1.807) is 0 Å². The zero-order valence-electron chi connectivity index (χ0n) is 56.4. The predicted octanol–water partition coefficient (Wildman–Crippen LogP) is 21.0. The summed E-state index contributed by atoms with van der Waals surface area (Å²) < 4.78 is 11.4. The molecule has 1 aliphatic heterocycles. The van der Waals surface area contributed by atoms with Gasteiger partial charge in [0.25, 0.3) is 0 Å². The van der Waals surface area contributed by atoms with Crippen LogP contribution in [0.4, 0.5) is 0 Å². The Hall–Kier alpha value is -1.59. The normalized spacial score (nSPS) is 18.2. The van der Waals surface area contributed by atoms with Gasteiger partial charge in [-0.15, -0.1) is 0 Å². The second kappa shape index (κ2) is 65.4. The Morgan fingerprint density at radius 3 is 1.02 bits per heavy atom. The van der Waals surface area contributed by atoms with Gasteiger partial charge in [-0.25, -0.2) is 0 Å². The first-order chi connectivity index (χ1) is 41.8. The molecule has 9 nitrogen and oxygen atoms in total. The molecule has 0 bridgehead atoms. The fourth-order valence-electron chi connectivity index (χ4n) is 12.4. The number of rotatable bonds is 67. The number of carbonyl (C=O) groups excluding carboxylic acids is 1. The number of ether oxygens (including phenoxy) is 2. The van der Waals surface area contributed by atoms with E-state index in [-0.39, 0.29) is 12.5 Å². The average molecular weight is 1200 g/mol. The number of aliphatic hydroxyl groups excluding tert-OH is 5. The first-order valence-electron chi connectivity index (χ1n) is 37.7. The molecule has 0 aromatic carbocycles. The van der Waals surface area contributed by atoms with Gasteiger partial charge in [-0.3, -0.25) is 4.79 Å². The fourth-order valence-corrected chi connectivity index (χ4v) is 12.4. The number of carbonyl (C=O) groups is 1. The van der Waals surface area contributed by atoms with E-state index in [1.165, 1.54) is 308 Å². The molecule has 502 valence electrons. The Kier molecular flexibility index (Phi) is 62.6. The molecule has 1 rings (SSSR count). The molecule has 1 aliphatic rings. The third-order valence-electron chi connectivity index (χ3n) is 18.2. The highest BCUT2D eigenvalue weighted by molar-refractivity contribution is 5.76. The Balaban J connectivity index is 2.04. The van der Waals surface area contributed by atoms with E-state index in [0.717, 1.165) is 51.4 Å². The Labute approximate surface area is 527 Å². The van der Waals surface area contributed by atoms with Gasteiger partial charge in [-0.05, 0) is 51.4 Å². The minimum atomic E-state index is -1.55. The lowest BCUT2D eigenvalue weighted by molar-refractivity contribution is -0.302. The predicted molar refractivity (Wildman–Crippen MR) is 364 cm³/mol. The maximum absolute atomic E-state index is 13.2. The molecule has 85 heavy (non-hydrogen) atoms. The van der Waals surface area contributed by atoms with Crippen molar-refractivity contribution in [3.63, 3.8) is 0 Å². The molecule has 9 heteroatoms. The summed E-state index contributed by atoms with van der Waals surface area (Å²) in [5.74, 6) is -0.135. The van der Waals surface area contributed by atoms with E-state index >= 15 is 0 Å². The summed E-state index contributed by atoms with van der Waals surface area (Å²) in [5, 5.41) is 55.0. The molecule has 1 amide bonds. The molecule has 0 aromatic heterocycles. The average Bonchev–Trinajstić information content (AvgIpc) is 3.66. The molecule has 7 unspecified atom stereocenters.